The highest BCUT2D eigenvalue weighted by atomic mass is 32.2. The van der Waals surface area contributed by atoms with E-state index in [0.717, 1.165) is 28.8 Å². The molecule has 2 rings (SSSR count). The Hall–Kier alpha value is -2.65. The van der Waals surface area contributed by atoms with Crippen molar-refractivity contribution in [1.82, 2.24) is 0 Å². The summed E-state index contributed by atoms with van der Waals surface area (Å²) in [6.07, 6.45) is 0. The number of thioether (sulfide) groups is 1. The first-order valence-electron chi connectivity index (χ1n) is 6.71. The molecule has 0 unspecified atom stereocenters. The molecule has 0 fully saturated rings. The van der Waals surface area contributed by atoms with Crippen LogP contribution in [0.4, 0.5) is 22.7 Å². The van der Waals surface area contributed by atoms with Crippen LogP contribution in [-0.2, 0) is 4.79 Å². The highest BCUT2D eigenvalue weighted by Gasteiger charge is 2.05. The van der Waals surface area contributed by atoms with Crippen molar-refractivity contribution in [3.05, 3.63) is 58.6 Å². The standard InChI is InChI=1S/C15H13N3O4S2/c19-14(20)9-24-15(23)17-12-3-1-10(2-4-12)16-11-5-7-13(8-6-11)18(21)22/h1-8,16H,9H2,(H,17,23)(H,19,20). The number of non-ortho nitro benzene ring substituents is 1. The first-order valence-corrected chi connectivity index (χ1v) is 8.10. The number of thiocarbonyl (C=S) groups is 1. The fourth-order valence-corrected chi connectivity index (χ4v) is 2.49. The monoisotopic (exact) mass is 363 g/mol. The lowest BCUT2D eigenvalue weighted by molar-refractivity contribution is -0.384. The van der Waals surface area contributed by atoms with Gasteiger partial charge < -0.3 is 15.7 Å². The summed E-state index contributed by atoms with van der Waals surface area (Å²) < 4.78 is 0.383. The van der Waals surface area contributed by atoms with Crippen molar-refractivity contribution >= 4 is 57.0 Å². The molecule has 2 aromatic carbocycles. The van der Waals surface area contributed by atoms with Crippen LogP contribution in [0.1, 0.15) is 0 Å². The fraction of sp³-hybridized carbons (Fsp3) is 0.0667. The van der Waals surface area contributed by atoms with Crippen LogP contribution in [0.15, 0.2) is 48.5 Å². The number of nitrogens with one attached hydrogen (secondary N) is 2. The quantitative estimate of drug-likeness (QED) is 0.404. The van der Waals surface area contributed by atoms with E-state index in [1.807, 2.05) is 12.1 Å². The summed E-state index contributed by atoms with van der Waals surface area (Å²) in [6.45, 7) is 0. The highest BCUT2D eigenvalue weighted by Crippen LogP contribution is 2.22. The number of carbonyl (C=O) groups is 1. The maximum absolute atomic E-state index is 10.6. The van der Waals surface area contributed by atoms with Crippen LogP contribution >= 0.6 is 24.0 Å². The summed E-state index contributed by atoms with van der Waals surface area (Å²) in [4.78, 5) is 20.6. The molecule has 9 heteroatoms. The Balaban J connectivity index is 1.93. The molecule has 0 bridgehead atoms. The van der Waals surface area contributed by atoms with E-state index in [1.54, 1.807) is 24.3 Å². The summed E-state index contributed by atoms with van der Waals surface area (Å²) in [5, 5.41) is 25.3. The van der Waals surface area contributed by atoms with Crippen molar-refractivity contribution in [3.8, 4) is 0 Å². The van der Waals surface area contributed by atoms with Crippen molar-refractivity contribution in [3.63, 3.8) is 0 Å². The average Bonchev–Trinajstić information content (AvgIpc) is 2.55. The first kappa shape index (κ1) is 17.7. The van der Waals surface area contributed by atoms with Crippen LogP contribution < -0.4 is 10.6 Å². The van der Waals surface area contributed by atoms with Gasteiger partial charge in [-0.25, -0.2) is 0 Å². The molecule has 0 aliphatic heterocycles. The molecule has 0 aliphatic carbocycles. The van der Waals surface area contributed by atoms with Crippen molar-refractivity contribution in [1.29, 1.82) is 0 Å². The van der Waals surface area contributed by atoms with Gasteiger partial charge in [-0.05, 0) is 36.4 Å². The third-order valence-electron chi connectivity index (χ3n) is 2.82. The number of nitro benzene ring substituents is 1. The van der Waals surface area contributed by atoms with Crippen molar-refractivity contribution < 1.29 is 14.8 Å². The van der Waals surface area contributed by atoms with Crippen LogP contribution in [0.3, 0.4) is 0 Å². The molecule has 0 saturated carbocycles. The van der Waals surface area contributed by atoms with Gasteiger partial charge in [-0.2, -0.15) is 0 Å². The molecular formula is C15H13N3O4S2. The third kappa shape index (κ3) is 5.52. The van der Waals surface area contributed by atoms with Crippen molar-refractivity contribution in [2.24, 2.45) is 0 Å². The van der Waals surface area contributed by atoms with Gasteiger partial charge in [-0.1, -0.05) is 24.0 Å². The molecule has 0 atom stereocenters. The van der Waals surface area contributed by atoms with E-state index in [9.17, 15) is 14.9 Å². The lowest BCUT2D eigenvalue weighted by atomic mass is 10.2. The van der Waals surface area contributed by atoms with Crippen molar-refractivity contribution in [2.75, 3.05) is 16.4 Å². The van der Waals surface area contributed by atoms with E-state index < -0.39 is 10.9 Å². The summed E-state index contributed by atoms with van der Waals surface area (Å²) >= 11 is 6.08. The molecular weight excluding hydrogens is 350 g/mol. The molecule has 0 aliphatic rings. The number of aliphatic carboxylic acids is 1. The molecule has 0 aromatic heterocycles. The Morgan fingerprint density at radius 1 is 1.08 bits per heavy atom. The second kappa shape index (κ2) is 8.27. The number of carboxylic acids is 1. The molecule has 0 spiro atoms. The number of nitrogens with zero attached hydrogens (tertiary/aromatic N) is 1. The van der Waals surface area contributed by atoms with Crippen LogP contribution in [0.2, 0.25) is 0 Å². The van der Waals surface area contributed by atoms with Gasteiger partial charge in [0.25, 0.3) is 5.69 Å². The van der Waals surface area contributed by atoms with Gasteiger partial charge in [-0.15, -0.1) is 0 Å². The predicted octanol–water partition coefficient (Wildman–Crippen LogP) is 3.85. The fourth-order valence-electron chi connectivity index (χ4n) is 1.75. The first-order chi connectivity index (χ1) is 11.4. The molecule has 124 valence electrons. The van der Waals surface area contributed by atoms with Gasteiger partial charge in [-0.3, -0.25) is 14.9 Å². The maximum atomic E-state index is 10.6. The number of nitro groups is 1. The molecule has 0 heterocycles. The molecule has 3 N–H and O–H groups in total. The molecule has 7 nitrogen and oxygen atoms in total. The molecule has 0 amide bonds. The van der Waals surface area contributed by atoms with Gasteiger partial charge in [0.05, 0.1) is 10.7 Å². The Morgan fingerprint density at radius 3 is 2.08 bits per heavy atom. The average molecular weight is 363 g/mol. The molecule has 0 saturated heterocycles. The Bertz CT molecular complexity index is 748. The number of hydrogen-bond acceptors (Lipinski definition) is 6. The number of benzene rings is 2. The van der Waals surface area contributed by atoms with E-state index >= 15 is 0 Å². The molecule has 0 radical (unpaired) electrons. The van der Waals surface area contributed by atoms with E-state index in [1.165, 1.54) is 12.1 Å². The summed E-state index contributed by atoms with van der Waals surface area (Å²) in [6, 6.07) is 13.3. The summed E-state index contributed by atoms with van der Waals surface area (Å²) in [5.41, 5.74) is 2.31. The lowest BCUT2D eigenvalue weighted by Crippen LogP contribution is -2.08. The van der Waals surface area contributed by atoms with Gasteiger partial charge in [0.1, 0.15) is 4.32 Å². The van der Waals surface area contributed by atoms with Gasteiger partial charge >= 0.3 is 5.97 Å². The van der Waals surface area contributed by atoms with Crippen molar-refractivity contribution in [2.45, 2.75) is 0 Å². The van der Waals surface area contributed by atoms with Crippen LogP contribution in [0.5, 0.6) is 0 Å². The highest BCUT2D eigenvalue weighted by molar-refractivity contribution is 8.23. The smallest absolute Gasteiger partial charge is 0.313 e. The van der Waals surface area contributed by atoms with E-state index in [0.29, 0.717) is 4.32 Å². The summed E-state index contributed by atoms with van der Waals surface area (Å²) in [7, 11) is 0. The topological polar surface area (TPSA) is 104 Å². The second-order valence-electron chi connectivity index (χ2n) is 4.60. The van der Waals surface area contributed by atoms with Crippen LogP contribution in [0, 0.1) is 10.1 Å². The zero-order valence-corrected chi connectivity index (χ0v) is 13.9. The van der Waals surface area contributed by atoms with Crippen LogP contribution in [0.25, 0.3) is 0 Å². The minimum absolute atomic E-state index is 0.0347. The lowest BCUT2D eigenvalue weighted by Gasteiger charge is -2.09. The van der Waals surface area contributed by atoms with Crippen LogP contribution in [-0.4, -0.2) is 26.1 Å². The zero-order chi connectivity index (χ0) is 17.5. The van der Waals surface area contributed by atoms with E-state index in [4.69, 9.17) is 17.3 Å². The normalized spacial score (nSPS) is 10.0. The summed E-state index contributed by atoms with van der Waals surface area (Å²) in [5.74, 6) is -1.02. The number of rotatable bonds is 6. The van der Waals surface area contributed by atoms with Gasteiger partial charge in [0, 0.05) is 29.2 Å². The minimum Gasteiger partial charge on any atom is -0.481 e. The Morgan fingerprint density at radius 2 is 1.58 bits per heavy atom. The van der Waals surface area contributed by atoms with E-state index in [-0.39, 0.29) is 11.4 Å². The predicted molar refractivity (Wildman–Crippen MR) is 99.1 cm³/mol. The largest absolute Gasteiger partial charge is 0.481 e. The number of hydrogen-bond donors (Lipinski definition) is 3. The minimum atomic E-state index is -0.924. The number of anilines is 3. The Labute approximate surface area is 147 Å². The maximum Gasteiger partial charge on any atom is 0.313 e. The molecule has 2 aromatic rings. The third-order valence-corrected chi connectivity index (χ3v) is 4.04. The Kier molecular flexibility index (Phi) is 6.10. The zero-order valence-electron chi connectivity index (χ0n) is 12.3. The number of carboxylic acid groups (broad SMARTS) is 1. The second-order valence-corrected chi connectivity index (χ2v) is 6.25. The molecule has 24 heavy (non-hydrogen) atoms. The SMILES string of the molecule is O=C(O)CSC(=S)Nc1ccc(Nc2ccc([N+](=O)[O-])cc2)cc1. The van der Waals surface area contributed by atoms with Gasteiger partial charge in [0.2, 0.25) is 0 Å². The van der Waals surface area contributed by atoms with Gasteiger partial charge in [0.15, 0.2) is 0 Å². The van der Waals surface area contributed by atoms with E-state index in [2.05, 4.69) is 10.6 Å².